The summed E-state index contributed by atoms with van der Waals surface area (Å²) in [6.07, 6.45) is 0.179. The lowest BCUT2D eigenvalue weighted by Gasteiger charge is -2.18. The molecule has 1 fully saturated rings. The Morgan fingerprint density at radius 3 is 2.45 bits per heavy atom. The first-order valence-electron chi connectivity index (χ1n) is 5.97. The van der Waals surface area contributed by atoms with E-state index in [0.29, 0.717) is 22.2 Å². The maximum absolute atomic E-state index is 11.9. The minimum Gasteiger partial charge on any atom is -0.338 e. The van der Waals surface area contributed by atoms with Crippen LogP contribution in [0.25, 0.3) is 0 Å². The van der Waals surface area contributed by atoms with Crippen LogP contribution >= 0.6 is 23.2 Å². The lowest BCUT2D eigenvalue weighted by Crippen LogP contribution is -2.27. The molecule has 20 heavy (non-hydrogen) atoms. The molecular weight excluding hydrogens is 323 g/mol. The van der Waals surface area contributed by atoms with E-state index < -0.39 is 10.0 Å². The van der Waals surface area contributed by atoms with Crippen LogP contribution in [0, 0.1) is 5.92 Å². The summed E-state index contributed by atoms with van der Waals surface area (Å²) in [4.78, 5) is 13.5. The van der Waals surface area contributed by atoms with Crippen LogP contribution in [0.15, 0.2) is 18.2 Å². The van der Waals surface area contributed by atoms with Gasteiger partial charge in [0.1, 0.15) is 0 Å². The van der Waals surface area contributed by atoms with Gasteiger partial charge in [0.2, 0.25) is 15.9 Å². The molecule has 1 saturated heterocycles. The molecule has 1 aliphatic rings. The number of primary sulfonamides is 1. The van der Waals surface area contributed by atoms with E-state index in [0.717, 1.165) is 0 Å². The number of amides is 1. The van der Waals surface area contributed by atoms with E-state index in [2.05, 4.69) is 0 Å². The van der Waals surface area contributed by atoms with Crippen molar-refractivity contribution in [3.8, 4) is 0 Å². The molecule has 2 rings (SSSR count). The number of hydrogen-bond acceptors (Lipinski definition) is 3. The predicted molar refractivity (Wildman–Crippen MR) is 78.0 cm³/mol. The molecule has 0 radical (unpaired) electrons. The van der Waals surface area contributed by atoms with Crippen molar-refractivity contribution in [1.82, 2.24) is 4.90 Å². The van der Waals surface area contributed by atoms with Crippen molar-refractivity contribution in [1.29, 1.82) is 0 Å². The molecule has 0 spiro atoms. The molecule has 8 heteroatoms. The van der Waals surface area contributed by atoms with E-state index in [1.165, 1.54) is 0 Å². The van der Waals surface area contributed by atoms with Gasteiger partial charge in [-0.1, -0.05) is 29.3 Å². The van der Waals surface area contributed by atoms with Crippen LogP contribution in [-0.2, 0) is 21.4 Å². The molecule has 5 nitrogen and oxygen atoms in total. The monoisotopic (exact) mass is 336 g/mol. The van der Waals surface area contributed by atoms with Gasteiger partial charge in [-0.15, -0.1) is 0 Å². The highest BCUT2D eigenvalue weighted by Gasteiger charge is 2.32. The summed E-state index contributed by atoms with van der Waals surface area (Å²) in [5.41, 5.74) is 0.667. The number of rotatable bonds is 4. The third kappa shape index (κ3) is 3.85. The Balaban J connectivity index is 2.10. The van der Waals surface area contributed by atoms with Crippen LogP contribution in [0.4, 0.5) is 0 Å². The molecule has 1 aliphatic heterocycles. The first-order chi connectivity index (χ1) is 9.26. The molecule has 1 amide bonds. The summed E-state index contributed by atoms with van der Waals surface area (Å²) in [5, 5.41) is 5.98. The van der Waals surface area contributed by atoms with E-state index in [1.807, 2.05) is 0 Å². The topological polar surface area (TPSA) is 80.5 Å². The molecule has 0 aliphatic carbocycles. The fraction of sp³-hybridized carbons (Fsp3) is 0.417. The molecular formula is C12H14Cl2N2O3S. The molecule has 0 bridgehead atoms. The second kappa shape index (κ2) is 5.89. The number of carbonyl (C=O) groups excluding carboxylic acids is 1. The van der Waals surface area contributed by atoms with E-state index in [9.17, 15) is 13.2 Å². The highest BCUT2D eigenvalue weighted by Crippen LogP contribution is 2.28. The summed E-state index contributed by atoms with van der Waals surface area (Å²) in [6.45, 7) is 0.620. The maximum atomic E-state index is 11.9. The minimum atomic E-state index is -3.57. The lowest BCUT2D eigenvalue weighted by atomic mass is 10.1. The largest absolute Gasteiger partial charge is 0.338 e. The standard InChI is InChI=1S/C12H14Cl2N2O3S/c13-10-2-1-3-11(14)9(10)6-16-5-8(4-12(16)17)7-20(15,18)19/h1-3,8H,4-7H2,(H2,15,18,19). The number of likely N-dealkylation sites (tertiary alicyclic amines) is 1. The van der Waals surface area contributed by atoms with Crippen molar-refractivity contribution in [3.05, 3.63) is 33.8 Å². The zero-order chi connectivity index (χ0) is 14.9. The quantitative estimate of drug-likeness (QED) is 0.907. The third-order valence-electron chi connectivity index (χ3n) is 3.17. The molecule has 2 N–H and O–H groups in total. The van der Waals surface area contributed by atoms with Gasteiger partial charge in [-0.3, -0.25) is 4.79 Å². The first kappa shape index (κ1) is 15.6. The molecule has 0 saturated carbocycles. The van der Waals surface area contributed by atoms with Gasteiger partial charge >= 0.3 is 0 Å². The van der Waals surface area contributed by atoms with Crippen molar-refractivity contribution < 1.29 is 13.2 Å². The van der Waals surface area contributed by atoms with Crippen LogP contribution in [-0.4, -0.2) is 31.5 Å². The van der Waals surface area contributed by atoms with E-state index in [4.69, 9.17) is 28.3 Å². The third-order valence-corrected chi connectivity index (χ3v) is 4.82. The fourth-order valence-corrected chi connectivity index (χ4v) is 3.72. The highest BCUT2D eigenvalue weighted by atomic mass is 35.5. The Bertz CT molecular complexity index is 613. The summed E-state index contributed by atoms with van der Waals surface area (Å²) >= 11 is 12.1. The molecule has 1 unspecified atom stereocenters. The van der Waals surface area contributed by atoms with Crippen molar-refractivity contribution in [3.63, 3.8) is 0 Å². The molecule has 1 heterocycles. The van der Waals surface area contributed by atoms with E-state index in [-0.39, 0.29) is 30.5 Å². The van der Waals surface area contributed by atoms with Crippen LogP contribution in [0.3, 0.4) is 0 Å². The van der Waals surface area contributed by atoms with Gasteiger partial charge in [0.25, 0.3) is 0 Å². The van der Waals surface area contributed by atoms with E-state index >= 15 is 0 Å². The van der Waals surface area contributed by atoms with Crippen LogP contribution in [0.2, 0.25) is 10.0 Å². The lowest BCUT2D eigenvalue weighted by molar-refractivity contribution is -0.128. The molecule has 110 valence electrons. The van der Waals surface area contributed by atoms with Crippen LogP contribution in [0.1, 0.15) is 12.0 Å². The maximum Gasteiger partial charge on any atom is 0.223 e. The SMILES string of the molecule is NS(=O)(=O)CC1CC(=O)N(Cc2c(Cl)cccc2Cl)C1. The Labute approximate surface area is 127 Å². The van der Waals surface area contributed by atoms with Gasteiger partial charge < -0.3 is 4.90 Å². The Kier molecular flexibility index (Phi) is 4.59. The number of nitrogens with two attached hydrogens (primary N) is 1. The minimum absolute atomic E-state index is 0.116. The number of hydrogen-bond donors (Lipinski definition) is 1. The van der Waals surface area contributed by atoms with Crippen molar-refractivity contribution in [2.45, 2.75) is 13.0 Å². The number of sulfonamides is 1. The number of nitrogens with zero attached hydrogens (tertiary/aromatic N) is 1. The Morgan fingerprint density at radius 2 is 1.90 bits per heavy atom. The first-order valence-corrected chi connectivity index (χ1v) is 8.44. The summed E-state index contributed by atoms with van der Waals surface area (Å²) < 4.78 is 22.1. The van der Waals surface area contributed by atoms with Gasteiger partial charge in [-0.05, 0) is 12.1 Å². The van der Waals surface area contributed by atoms with Crippen molar-refractivity contribution in [2.24, 2.45) is 11.1 Å². The number of carbonyl (C=O) groups is 1. The number of halogens is 2. The van der Waals surface area contributed by atoms with Gasteiger partial charge in [-0.2, -0.15) is 0 Å². The normalized spacial score (nSPS) is 19.6. The molecule has 1 aromatic rings. The van der Waals surface area contributed by atoms with Gasteiger partial charge in [0.05, 0.1) is 5.75 Å². The van der Waals surface area contributed by atoms with E-state index in [1.54, 1.807) is 23.1 Å². The summed E-state index contributed by atoms with van der Waals surface area (Å²) in [7, 11) is -3.57. The zero-order valence-electron chi connectivity index (χ0n) is 10.6. The number of benzene rings is 1. The second-order valence-electron chi connectivity index (χ2n) is 4.87. The van der Waals surface area contributed by atoms with Gasteiger partial charge in [-0.25, -0.2) is 13.6 Å². The average Bonchev–Trinajstić information content (AvgIpc) is 2.62. The fourth-order valence-electron chi connectivity index (χ4n) is 2.32. The Hall–Kier alpha value is -0.820. The van der Waals surface area contributed by atoms with Gasteiger partial charge in [0.15, 0.2) is 0 Å². The molecule has 0 aromatic heterocycles. The van der Waals surface area contributed by atoms with Crippen molar-refractivity contribution >= 4 is 39.1 Å². The van der Waals surface area contributed by atoms with Crippen molar-refractivity contribution in [2.75, 3.05) is 12.3 Å². The molecule has 1 aromatic carbocycles. The van der Waals surface area contributed by atoms with Crippen LogP contribution in [0.5, 0.6) is 0 Å². The predicted octanol–water partition coefficient (Wildman–Crippen LogP) is 1.63. The summed E-state index contributed by atoms with van der Waals surface area (Å²) in [5.74, 6) is -0.584. The van der Waals surface area contributed by atoms with Gasteiger partial charge in [0, 0.05) is 41.0 Å². The Morgan fingerprint density at radius 1 is 1.30 bits per heavy atom. The average molecular weight is 337 g/mol. The molecule has 1 atom stereocenters. The highest BCUT2D eigenvalue weighted by molar-refractivity contribution is 7.89. The summed E-state index contributed by atoms with van der Waals surface area (Å²) in [6, 6.07) is 5.13. The van der Waals surface area contributed by atoms with Crippen LogP contribution < -0.4 is 5.14 Å². The second-order valence-corrected chi connectivity index (χ2v) is 7.35. The zero-order valence-corrected chi connectivity index (χ0v) is 12.9. The smallest absolute Gasteiger partial charge is 0.223 e.